The molecule has 0 saturated heterocycles. The van der Waals surface area contributed by atoms with Crippen molar-refractivity contribution >= 4 is 17.9 Å². The Kier molecular flexibility index (Phi) is 47.4. The normalized spacial score (nSPS) is 12.5. The standard InChI is InChI=1S/C55H96O6/c1-4-7-10-13-16-18-20-22-24-25-26-27-28-29-30-31-32-34-35-37-39-42-45-48-54(57)60-51-52(50-59-53(56)47-44-41-15-12-9-6-3)61-55(58)49-46-43-40-38-36-33-23-21-19-17-14-11-8-5-2/h14,17,20-23,25-26,28-29,52H,4-13,15-16,18-19,24,27,30-51H2,1-3H3/b17-14-,22-20-,23-21-,26-25-,29-28-. The Balaban J connectivity index is 4.20. The lowest BCUT2D eigenvalue weighted by Gasteiger charge is -2.18. The molecule has 0 aliphatic carbocycles. The monoisotopic (exact) mass is 853 g/mol. The van der Waals surface area contributed by atoms with Crippen LogP contribution in [0.25, 0.3) is 0 Å². The summed E-state index contributed by atoms with van der Waals surface area (Å²) in [6, 6.07) is 0. The highest BCUT2D eigenvalue weighted by Gasteiger charge is 2.19. The number of allylic oxidation sites excluding steroid dienone is 10. The van der Waals surface area contributed by atoms with Crippen LogP contribution >= 0.6 is 0 Å². The maximum absolute atomic E-state index is 12.7. The first kappa shape index (κ1) is 58.1. The van der Waals surface area contributed by atoms with E-state index in [1.807, 2.05) is 0 Å². The molecule has 352 valence electrons. The van der Waals surface area contributed by atoms with E-state index in [4.69, 9.17) is 14.2 Å². The molecule has 61 heavy (non-hydrogen) atoms. The molecule has 0 rings (SSSR count). The van der Waals surface area contributed by atoms with Crippen molar-refractivity contribution in [1.29, 1.82) is 0 Å². The summed E-state index contributed by atoms with van der Waals surface area (Å²) in [4.78, 5) is 37.7. The topological polar surface area (TPSA) is 78.9 Å². The van der Waals surface area contributed by atoms with E-state index in [0.717, 1.165) is 103 Å². The van der Waals surface area contributed by atoms with Gasteiger partial charge in [-0.1, -0.05) is 210 Å². The predicted octanol–water partition coefficient (Wildman–Crippen LogP) is 16.9. The quantitative estimate of drug-likeness (QED) is 0.0263. The second-order valence-electron chi connectivity index (χ2n) is 17.1. The third-order valence-corrected chi connectivity index (χ3v) is 11.0. The molecular weight excluding hydrogens is 757 g/mol. The first-order valence-corrected chi connectivity index (χ1v) is 25.8. The highest BCUT2D eigenvalue weighted by molar-refractivity contribution is 5.71. The minimum atomic E-state index is -0.780. The van der Waals surface area contributed by atoms with E-state index in [1.54, 1.807) is 0 Å². The smallest absolute Gasteiger partial charge is 0.306 e. The van der Waals surface area contributed by atoms with Crippen LogP contribution in [0.3, 0.4) is 0 Å². The molecule has 0 bridgehead atoms. The average molecular weight is 853 g/mol. The fourth-order valence-corrected chi connectivity index (χ4v) is 7.05. The summed E-state index contributed by atoms with van der Waals surface area (Å²) in [5, 5.41) is 0. The first-order valence-electron chi connectivity index (χ1n) is 25.8. The van der Waals surface area contributed by atoms with Crippen molar-refractivity contribution in [3.8, 4) is 0 Å². The Morgan fingerprint density at radius 3 is 0.967 bits per heavy atom. The van der Waals surface area contributed by atoms with Gasteiger partial charge in [-0.3, -0.25) is 14.4 Å². The lowest BCUT2D eigenvalue weighted by atomic mass is 10.1. The zero-order valence-electron chi connectivity index (χ0n) is 40.2. The third-order valence-electron chi connectivity index (χ3n) is 11.0. The van der Waals surface area contributed by atoms with Crippen LogP contribution in [0.15, 0.2) is 60.8 Å². The molecule has 0 fully saturated rings. The maximum atomic E-state index is 12.7. The summed E-state index contributed by atoms with van der Waals surface area (Å²) < 4.78 is 16.7. The van der Waals surface area contributed by atoms with Crippen LogP contribution in [0.1, 0.15) is 252 Å². The number of hydrogen-bond donors (Lipinski definition) is 0. The van der Waals surface area contributed by atoms with Crippen molar-refractivity contribution in [1.82, 2.24) is 0 Å². The number of hydrogen-bond acceptors (Lipinski definition) is 6. The van der Waals surface area contributed by atoms with Crippen LogP contribution < -0.4 is 0 Å². The van der Waals surface area contributed by atoms with Crippen LogP contribution in [0.5, 0.6) is 0 Å². The van der Waals surface area contributed by atoms with E-state index in [1.165, 1.54) is 109 Å². The van der Waals surface area contributed by atoms with Gasteiger partial charge in [0.2, 0.25) is 0 Å². The van der Waals surface area contributed by atoms with Crippen molar-refractivity contribution in [2.24, 2.45) is 0 Å². The van der Waals surface area contributed by atoms with Crippen molar-refractivity contribution < 1.29 is 28.6 Å². The SMILES string of the molecule is CCCC/C=C\C/C=C\CCCCCCCC(=O)OC(COC(=O)CCCCCCCC)COC(=O)CCCCCCCCCC/C=C\C/C=C\C/C=C\CCCCCCC. The third kappa shape index (κ3) is 48.0. The maximum Gasteiger partial charge on any atom is 0.306 e. The predicted molar refractivity (Wildman–Crippen MR) is 261 cm³/mol. The van der Waals surface area contributed by atoms with E-state index in [2.05, 4.69) is 81.5 Å². The molecule has 0 heterocycles. The summed E-state index contributed by atoms with van der Waals surface area (Å²) in [6.07, 6.45) is 60.9. The zero-order chi connectivity index (χ0) is 44.4. The Labute approximate surface area is 377 Å². The van der Waals surface area contributed by atoms with Crippen LogP contribution in [0.2, 0.25) is 0 Å². The van der Waals surface area contributed by atoms with E-state index in [0.29, 0.717) is 19.3 Å². The van der Waals surface area contributed by atoms with Crippen molar-refractivity contribution in [2.45, 2.75) is 258 Å². The molecule has 0 radical (unpaired) electrons. The van der Waals surface area contributed by atoms with Crippen LogP contribution in [0.4, 0.5) is 0 Å². The van der Waals surface area contributed by atoms with Crippen LogP contribution in [-0.2, 0) is 28.6 Å². The van der Waals surface area contributed by atoms with Crippen molar-refractivity contribution in [3.05, 3.63) is 60.8 Å². The van der Waals surface area contributed by atoms with Gasteiger partial charge >= 0.3 is 17.9 Å². The number of rotatable bonds is 46. The summed E-state index contributed by atoms with van der Waals surface area (Å²) in [6.45, 7) is 6.51. The molecule has 0 amide bonds. The highest BCUT2D eigenvalue weighted by Crippen LogP contribution is 2.14. The van der Waals surface area contributed by atoms with Gasteiger partial charge in [-0.05, 0) is 83.5 Å². The van der Waals surface area contributed by atoms with Gasteiger partial charge in [0, 0.05) is 19.3 Å². The molecule has 0 saturated carbocycles. The van der Waals surface area contributed by atoms with Gasteiger partial charge in [-0.15, -0.1) is 0 Å². The van der Waals surface area contributed by atoms with Gasteiger partial charge < -0.3 is 14.2 Å². The molecule has 0 aliphatic heterocycles. The molecule has 6 nitrogen and oxygen atoms in total. The molecule has 1 unspecified atom stereocenters. The number of ether oxygens (including phenoxy) is 3. The molecule has 0 aliphatic rings. The molecule has 0 N–H and O–H groups in total. The van der Waals surface area contributed by atoms with Gasteiger partial charge in [-0.25, -0.2) is 0 Å². The van der Waals surface area contributed by atoms with Gasteiger partial charge in [0.1, 0.15) is 13.2 Å². The number of carbonyl (C=O) groups excluding carboxylic acids is 3. The number of esters is 3. The molecule has 1 atom stereocenters. The lowest BCUT2D eigenvalue weighted by Crippen LogP contribution is -2.30. The van der Waals surface area contributed by atoms with E-state index in [-0.39, 0.29) is 31.1 Å². The Morgan fingerprint density at radius 1 is 0.328 bits per heavy atom. The second kappa shape index (κ2) is 49.8. The Hall–Kier alpha value is -2.89. The minimum Gasteiger partial charge on any atom is -0.462 e. The Bertz CT molecular complexity index is 1120. The summed E-state index contributed by atoms with van der Waals surface area (Å²) in [5.74, 6) is -0.912. The highest BCUT2D eigenvalue weighted by atomic mass is 16.6. The van der Waals surface area contributed by atoms with E-state index < -0.39 is 6.10 Å². The fourth-order valence-electron chi connectivity index (χ4n) is 7.05. The summed E-state index contributed by atoms with van der Waals surface area (Å²) >= 11 is 0. The van der Waals surface area contributed by atoms with Gasteiger partial charge in [0.05, 0.1) is 0 Å². The van der Waals surface area contributed by atoms with Crippen LogP contribution in [0, 0.1) is 0 Å². The minimum absolute atomic E-state index is 0.0825. The van der Waals surface area contributed by atoms with Crippen LogP contribution in [-0.4, -0.2) is 37.2 Å². The molecule has 0 aromatic heterocycles. The number of carbonyl (C=O) groups is 3. The molecule has 0 spiro atoms. The molecule has 6 heteroatoms. The van der Waals surface area contributed by atoms with E-state index in [9.17, 15) is 14.4 Å². The average Bonchev–Trinajstić information content (AvgIpc) is 3.26. The van der Waals surface area contributed by atoms with E-state index >= 15 is 0 Å². The zero-order valence-corrected chi connectivity index (χ0v) is 40.2. The largest absolute Gasteiger partial charge is 0.462 e. The van der Waals surface area contributed by atoms with Gasteiger partial charge in [-0.2, -0.15) is 0 Å². The molecule has 0 aromatic carbocycles. The lowest BCUT2D eigenvalue weighted by molar-refractivity contribution is -0.167. The Morgan fingerprint density at radius 2 is 0.607 bits per heavy atom. The first-order chi connectivity index (χ1) is 30.0. The summed E-state index contributed by atoms with van der Waals surface area (Å²) in [5.41, 5.74) is 0. The van der Waals surface area contributed by atoms with Gasteiger partial charge in [0.15, 0.2) is 6.10 Å². The second-order valence-corrected chi connectivity index (χ2v) is 17.1. The van der Waals surface area contributed by atoms with Crippen molar-refractivity contribution in [3.63, 3.8) is 0 Å². The number of unbranched alkanes of at least 4 members (excludes halogenated alkanes) is 25. The molecule has 0 aromatic rings. The summed E-state index contributed by atoms with van der Waals surface area (Å²) in [7, 11) is 0. The van der Waals surface area contributed by atoms with Gasteiger partial charge in [0.25, 0.3) is 0 Å². The fraction of sp³-hybridized carbons (Fsp3) is 0.764. The molecular formula is C55H96O6. The van der Waals surface area contributed by atoms with Crippen molar-refractivity contribution in [2.75, 3.05) is 13.2 Å².